The lowest BCUT2D eigenvalue weighted by atomic mass is 9.89. The maximum absolute atomic E-state index is 12.9. The van der Waals surface area contributed by atoms with E-state index < -0.39 is 0 Å². The van der Waals surface area contributed by atoms with E-state index in [4.69, 9.17) is 4.74 Å². The van der Waals surface area contributed by atoms with Crippen molar-refractivity contribution in [1.82, 2.24) is 5.32 Å². The Balaban J connectivity index is 1.61. The van der Waals surface area contributed by atoms with E-state index in [1.165, 1.54) is 6.07 Å². The van der Waals surface area contributed by atoms with Crippen LogP contribution in [-0.4, -0.2) is 25.3 Å². The van der Waals surface area contributed by atoms with Gasteiger partial charge in [0.05, 0.1) is 6.10 Å². The van der Waals surface area contributed by atoms with E-state index in [0.29, 0.717) is 12.1 Å². The van der Waals surface area contributed by atoms with E-state index in [1.807, 2.05) is 13.0 Å². The number of ether oxygens (including phenoxy) is 1. The van der Waals surface area contributed by atoms with Crippen molar-refractivity contribution in [2.75, 3.05) is 13.2 Å². The van der Waals surface area contributed by atoms with Crippen molar-refractivity contribution in [3.63, 3.8) is 0 Å². The van der Waals surface area contributed by atoms with Gasteiger partial charge in [0.25, 0.3) is 0 Å². The largest absolute Gasteiger partial charge is 0.378 e. The van der Waals surface area contributed by atoms with Crippen LogP contribution in [0.3, 0.4) is 0 Å². The summed E-state index contributed by atoms with van der Waals surface area (Å²) >= 11 is 0. The predicted octanol–water partition coefficient (Wildman–Crippen LogP) is 2.53. The van der Waals surface area contributed by atoms with Crippen molar-refractivity contribution in [2.45, 2.75) is 38.3 Å². The fourth-order valence-electron chi connectivity index (χ4n) is 2.22. The van der Waals surface area contributed by atoms with Crippen LogP contribution in [0.2, 0.25) is 0 Å². The first-order valence-electron chi connectivity index (χ1n) is 6.37. The van der Waals surface area contributed by atoms with Crippen LogP contribution in [0.25, 0.3) is 0 Å². The van der Waals surface area contributed by atoms with Gasteiger partial charge in [-0.2, -0.15) is 0 Å². The minimum atomic E-state index is -0.150. The zero-order valence-corrected chi connectivity index (χ0v) is 10.3. The number of hydrogen-bond donors (Lipinski definition) is 1. The molecule has 17 heavy (non-hydrogen) atoms. The van der Waals surface area contributed by atoms with Gasteiger partial charge in [0.2, 0.25) is 0 Å². The first kappa shape index (κ1) is 12.5. The van der Waals surface area contributed by atoms with Gasteiger partial charge >= 0.3 is 0 Å². The molecule has 2 nitrogen and oxygen atoms in total. The summed E-state index contributed by atoms with van der Waals surface area (Å²) in [7, 11) is 0. The molecule has 1 saturated carbocycles. The first-order valence-corrected chi connectivity index (χ1v) is 6.37. The average molecular weight is 237 g/mol. The van der Waals surface area contributed by atoms with Gasteiger partial charge in [-0.3, -0.25) is 0 Å². The summed E-state index contributed by atoms with van der Waals surface area (Å²) in [6.07, 6.45) is 3.55. The van der Waals surface area contributed by atoms with Gasteiger partial charge in [0.1, 0.15) is 5.82 Å². The topological polar surface area (TPSA) is 21.3 Å². The highest BCUT2D eigenvalue weighted by molar-refractivity contribution is 5.16. The van der Waals surface area contributed by atoms with Crippen LogP contribution in [-0.2, 0) is 11.2 Å². The van der Waals surface area contributed by atoms with Crippen LogP contribution in [0.5, 0.6) is 0 Å². The fourth-order valence-corrected chi connectivity index (χ4v) is 2.22. The molecule has 2 rings (SSSR count). The summed E-state index contributed by atoms with van der Waals surface area (Å²) < 4.78 is 18.4. The van der Waals surface area contributed by atoms with E-state index >= 15 is 0 Å². The number of benzene rings is 1. The molecule has 0 spiro atoms. The van der Waals surface area contributed by atoms with E-state index in [1.54, 1.807) is 12.1 Å². The molecule has 0 bridgehead atoms. The number of nitrogens with one attached hydrogen (secondary N) is 1. The third-order valence-electron chi connectivity index (χ3n) is 3.23. The third-order valence-corrected chi connectivity index (χ3v) is 3.23. The Kier molecular flexibility index (Phi) is 4.51. The minimum Gasteiger partial charge on any atom is -0.378 e. The highest BCUT2D eigenvalue weighted by Gasteiger charge is 2.28. The fraction of sp³-hybridized carbons (Fsp3) is 0.571. The Morgan fingerprint density at radius 1 is 1.41 bits per heavy atom. The smallest absolute Gasteiger partial charge is 0.123 e. The molecule has 0 radical (unpaired) electrons. The summed E-state index contributed by atoms with van der Waals surface area (Å²) in [4.78, 5) is 0. The maximum Gasteiger partial charge on any atom is 0.123 e. The van der Waals surface area contributed by atoms with Crippen molar-refractivity contribution in [2.24, 2.45) is 0 Å². The van der Waals surface area contributed by atoms with Gasteiger partial charge in [-0.1, -0.05) is 12.1 Å². The summed E-state index contributed by atoms with van der Waals surface area (Å²) in [5, 5.41) is 3.47. The van der Waals surface area contributed by atoms with Gasteiger partial charge in [0.15, 0.2) is 0 Å². The number of halogens is 1. The van der Waals surface area contributed by atoms with E-state index in [0.717, 1.165) is 38.0 Å². The molecule has 1 aliphatic carbocycles. The second kappa shape index (κ2) is 6.12. The summed E-state index contributed by atoms with van der Waals surface area (Å²) in [5.74, 6) is -0.150. The molecule has 1 N–H and O–H groups in total. The second-order valence-corrected chi connectivity index (χ2v) is 4.58. The van der Waals surface area contributed by atoms with Crippen molar-refractivity contribution in [3.05, 3.63) is 35.6 Å². The van der Waals surface area contributed by atoms with Crippen molar-refractivity contribution in [1.29, 1.82) is 0 Å². The molecule has 3 heteroatoms. The Bertz CT molecular complexity index is 350. The van der Waals surface area contributed by atoms with Gasteiger partial charge < -0.3 is 10.1 Å². The lowest BCUT2D eigenvalue weighted by Crippen LogP contribution is -2.46. The Morgan fingerprint density at radius 3 is 2.94 bits per heavy atom. The van der Waals surface area contributed by atoms with Crippen LogP contribution >= 0.6 is 0 Å². The lowest BCUT2D eigenvalue weighted by Gasteiger charge is -2.35. The number of rotatable bonds is 6. The van der Waals surface area contributed by atoms with Gasteiger partial charge in [-0.25, -0.2) is 4.39 Å². The molecular formula is C14H20FNO. The summed E-state index contributed by atoms with van der Waals surface area (Å²) in [6, 6.07) is 7.40. The van der Waals surface area contributed by atoms with Crippen LogP contribution in [0.4, 0.5) is 4.39 Å². The lowest BCUT2D eigenvalue weighted by molar-refractivity contribution is -0.00960. The summed E-state index contributed by atoms with van der Waals surface area (Å²) in [6.45, 7) is 3.75. The SMILES string of the molecule is CCOC1CC(NCCc2cccc(F)c2)C1. The van der Waals surface area contributed by atoms with Crippen molar-refractivity contribution < 1.29 is 9.13 Å². The molecule has 0 heterocycles. The zero-order valence-electron chi connectivity index (χ0n) is 10.3. The van der Waals surface area contributed by atoms with Crippen LogP contribution in [0.15, 0.2) is 24.3 Å². The molecule has 1 aromatic carbocycles. The minimum absolute atomic E-state index is 0.150. The molecule has 1 fully saturated rings. The third kappa shape index (κ3) is 3.79. The second-order valence-electron chi connectivity index (χ2n) is 4.58. The van der Waals surface area contributed by atoms with Crippen LogP contribution in [0, 0.1) is 5.82 Å². The molecular weight excluding hydrogens is 217 g/mol. The highest BCUT2D eigenvalue weighted by atomic mass is 19.1. The molecule has 1 aliphatic rings. The normalized spacial score (nSPS) is 23.4. The molecule has 0 saturated heterocycles. The molecule has 94 valence electrons. The maximum atomic E-state index is 12.9. The van der Waals surface area contributed by atoms with E-state index in [9.17, 15) is 4.39 Å². The Morgan fingerprint density at radius 2 is 2.24 bits per heavy atom. The molecule has 0 unspecified atom stereocenters. The van der Waals surface area contributed by atoms with Crippen LogP contribution < -0.4 is 5.32 Å². The molecule has 0 atom stereocenters. The first-order chi connectivity index (χ1) is 8.28. The standard InChI is InChI=1S/C14H20FNO/c1-2-17-14-9-13(10-14)16-7-6-11-4-3-5-12(15)8-11/h3-5,8,13-14,16H,2,6-7,9-10H2,1H3. The van der Waals surface area contributed by atoms with E-state index in [-0.39, 0.29) is 5.82 Å². The monoisotopic (exact) mass is 237 g/mol. The molecule has 0 aliphatic heterocycles. The van der Waals surface area contributed by atoms with Crippen LogP contribution in [0.1, 0.15) is 25.3 Å². The average Bonchev–Trinajstić information content (AvgIpc) is 2.26. The zero-order chi connectivity index (χ0) is 12.1. The van der Waals surface area contributed by atoms with Gasteiger partial charge in [-0.05, 0) is 50.4 Å². The summed E-state index contributed by atoms with van der Waals surface area (Å²) in [5.41, 5.74) is 1.05. The van der Waals surface area contributed by atoms with Gasteiger partial charge in [-0.15, -0.1) is 0 Å². The van der Waals surface area contributed by atoms with E-state index in [2.05, 4.69) is 5.32 Å². The molecule has 1 aromatic rings. The molecule has 0 aromatic heterocycles. The Labute approximate surface area is 102 Å². The van der Waals surface area contributed by atoms with Crippen molar-refractivity contribution >= 4 is 0 Å². The van der Waals surface area contributed by atoms with Crippen molar-refractivity contribution in [3.8, 4) is 0 Å². The molecule has 0 amide bonds. The Hall–Kier alpha value is -0.930. The highest BCUT2D eigenvalue weighted by Crippen LogP contribution is 2.22. The predicted molar refractivity (Wildman–Crippen MR) is 66.5 cm³/mol. The quantitative estimate of drug-likeness (QED) is 0.821. The van der Waals surface area contributed by atoms with Gasteiger partial charge in [0, 0.05) is 12.6 Å². The number of hydrogen-bond acceptors (Lipinski definition) is 2.